The molecule has 1 aromatic heterocycles. The van der Waals surface area contributed by atoms with E-state index in [1.165, 1.54) is 12.8 Å². The number of fused-ring (bicyclic) bond motifs is 1. The van der Waals surface area contributed by atoms with Crippen molar-refractivity contribution in [1.29, 1.82) is 5.41 Å². The summed E-state index contributed by atoms with van der Waals surface area (Å²) in [6.07, 6.45) is 5.08. The molecule has 12 heavy (non-hydrogen) atoms. The van der Waals surface area contributed by atoms with E-state index in [0.29, 0.717) is 0 Å². The lowest BCUT2D eigenvalue weighted by atomic mass is 10.1. The van der Waals surface area contributed by atoms with Gasteiger partial charge in [-0.1, -0.05) is 0 Å². The molecule has 0 fully saturated rings. The number of hydrogen-bond acceptors (Lipinski definition) is 2. The van der Waals surface area contributed by atoms with Crippen molar-refractivity contribution in [1.82, 2.24) is 9.78 Å². The zero-order valence-corrected chi connectivity index (χ0v) is 6.88. The van der Waals surface area contributed by atoms with E-state index in [9.17, 15) is 0 Å². The van der Waals surface area contributed by atoms with E-state index in [2.05, 4.69) is 5.10 Å². The fourth-order valence-corrected chi connectivity index (χ4v) is 1.65. The van der Waals surface area contributed by atoms with Gasteiger partial charge in [0.15, 0.2) is 0 Å². The third-order valence-electron chi connectivity index (χ3n) is 2.27. The van der Waals surface area contributed by atoms with Crippen molar-refractivity contribution in [2.75, 3.05) is 0 Å². The van der Waals surface area contributed by atoms with Gasteiger partial charge >= 0.3 is 0 Å². The SMILES string of the molecule is N=C(N)c1cnn2c1CCCC2. The largest absolute Gasteiger partial charge is 0.384 e. The van der Waals surface area contributed by atoms with Crippen LogP contribution in [-0.2, 0) is 13.0 Å². The summed E-state index contributed by atoms with van der Waals surface area (Å²) in [4.78, 5) is 0. The summed E-state index contributed by atoms with van der Waals surface area (Å²) in [5.74, 6) is 0.137. The van der Waals surface area contributed by atoms with E-state index in [1.54, 1.807) is 6.20 Å². The molecule has 0 unspecified atom stereocenters. The highest BCUT2D eigenvalue weighted by molar-refractivity contribution is 5.95. The van der Waals surface area contributed by atoms with E-state index in [0.717, 1.165) is 24.2 Å². The van der Waals surface area contributed by atoms with Crippen molar-refractivity contribution >= 4 is 5.84 Å². The van der Waals surface area contributed by atoms with Gasteiger partial charge in [0.2, 0.25) is 0 Å². The first-order valence-corrected chi connectivity index (χ1v) is 4.18. The number of aryl methyl sites for hydroxylation is 1. The number of aromatic nitrogens is 2. The summed E-state index contributed by atoms with van der Waals surface area (Å²) in [5.41, 5.74) is 7.36. The van der Waals surface area contributed by atoms with Crippen LogP contribution in [0, 0.1) is 5.41 Å². The van der Waals surface area contributed by atoms with E-state index < -0.39 is 0 Å². The molecule has 0 saturated carbocycles. The predicted molar refractivity (Wildman–Crippen MR) is 46.2 cm³/mol. The minimum Gasteiger partial charge on any atom is -0.384 e. The molecule has 4 heteroatoms. The van der Waals surface area contributed by atoms with E-state index in [4.69, 9.17) is 11.1 Å². The van der Waals surface area contributed by atoms with Crippen LogP contribution >= 0.6 is 0 Å². The van der Waals surface area contributed by atoms with Crippen LogP contribution in [0.3, 0.4) is 0 Å². The van der Waals surface area contributed by atoms with Crippen molar-refractivity contribution in [3.05, 3.63) is 17.5 Å². The smallest absolute Gasteiger partial charge is 0.126 e. The Kier molecular flexibility index (Phi) is 1.60. The molecule has 4 nitrogen and oxygen atoms in total. The van der Waals surface area contributed by atoms with Gasteiger partial charge in [-0.2, -0.15) is 5.10 Å². The van der Waals surface area contributed by atoms with Gasteiger partial charge in [0.25, 0.3) is 0 Å². The quantitative estimate of drug-likeness (QED) is 0.469. The third kappa shape index (κ3) is 0.995. The second kappa shape index (κ2) is 2.62. The molecule has 0 spiro atoms. The Morgan fingerprint density at radius 3 is 3.17 bits per heavy atom. The average molecular weight is 164 g/mol. The summed E-state index contributed by atoms with van der Waals surface area (Å²) >= 11 is 0. The Balaban J connectivity index is 2.44. The van der Waals surface area contributed by atoms with Gasteiger partial charge in [-0.3, -0.25) is 10.1 Å². The van der Waals surface area contributed by atoms with Crippen LogP contribution in [0.4, 0.5) is 0 Å². The number of nitrogens with zero attached hydrogens (tertiary/aromatic N) is 2. The molecular weight excluding hydrogens is 152 g/mol. The maximum atomic E-state index is 7.32. The fourth-order valence-electron chi connectivity index (χ4n) is 1.65. The number of nitrogen functional groups attached to an aromatic ring is 1. The summed E-state index contributed by atoms with van der Waals surface area (Å²) in [6, 6.07) is 0. The predicted octanol–water partition coefficient (Wildman–Crippen LogP) is 0.503. The first-order chi connectivity index (χ1) is 5.79. The second-order valence-electron chi connectivity index (χ2n) is 3.10. The molecule has 1 aromatic rings. The molecule has 0 saturated heterocycles. The summed E-state index contributed by atoms with van der Waals surface area (Å²) in [6.45, 7) is 0.975. The maximum Gasteiger partial charge on any atom is 0.126 e. The lowest BCUT2D eigenvalue weighted by Gasteiger charge is -2.13. The van der Waals surface area contributed by atoms with E-state index in [-0.39, 0.29) is 5.84 Å². The van der Waals surface area contributed by atoms with Crippen LogP contribution in [-0.4, -0.2) is 15.6 Å². The topological polar surface area (TPSA) is 67.7 Å². The molecular formula is C8H12N4. The summed E-state index contributed by atoms with van der Waals surface area (Å²) < 4.78 is 1.96. The molecule has 0 amide bonds. The molecule has 1 aliphatic heterocycles. The van der Waals surface area contributed by atoms with E-state index in [1.807, 2.05) is 4.68 Å². The van der Waals surface area contributed by atoms with Crippen molar-refractivity contribution in [3.63, 3.8) is 0 Å². The molecule has 1 aliphatic rings. The van der Waals surface area contributed by atoms with Gasteiger partial charge in [-0.15, -0.1) is 0 Å². The summed E-state index contributed by atoms with van der Waals surface area (Å²) in [7, 11) is 0. The molecule has 2 heterocycles. The first kappa shape index (κ1) is 7.34. The number of amidine groups is 1. The molecule has 64 valence electrons. The van der Waals surface area contributed by atoms with E-state index >= 15 is 0 Å². The Morgan fingerprint density at radius 1 is 1.58 bits per heavy atom. The number of nitrogens with one attached hydrogen (secondary N) is 1. The van der Waals surface area contributed by atoms with Gasteiger partial charge in [-0.05, 0) is 19.3 Å². The molecule has 0 atom stereocenters. The molecule has 0 radical (unpaired) electrons. The van der Waals surface area contributed by atoms with Crippen LogP contribution in [0.2, 0.25) is 0 Å². The standard InChI is InChI=1S/C8H12N4/c9-8(10)6-5-11-12-4-2-1-3-7(6)12/h5H,1-4H2,(H3,9,10). The fraction of sp³-hybridized carbons (Fsp3) is 0.500. The highest BCUT2D eigenvalue weighted by Gasteiger charge is 2.15. The third-order valence-corrected chi connectivity index (χ3v) is 2.27. The first-order valence-electron chi connectivity index (χ1n) is 4.18. The number of rotatable bonds is 1. The van der Waals surface area contributed by atoms with Crippen molar-refractivity contribution in [3.8, 4) is 0 Å². The van der Waals surface area contributed by atoms with Gasteiger partial charge in [0.1, 0.15) is 5.84 Å². The lowest BCUT2D eigenvalue weighted by Crippen LogP contribution is -2.17. The van der Waals surface area contributed by atoms with Crippen LogP contribution in [0.5, 0.6) is 0 Å². The van der Waals surface area contributed by atoms with Gasteiger partial charge < -0.3 is 5.73 Å². The number of nitrogens with two attached hydrogens (primary N) is 1. The molecule has 2 rings (SSSR count). The number of hydrogen-bond donors (Lipinski definition) is 2. The van der Waals surface area contributed by atoms with Crippen molar-refractivity contribution < 1.29 is 0 Å². The Labute approximate surface area is 70.9 Å². The molecule has 3 N–H and O–H groups in total. The van der Waals surface area contributed by atoms with Gasteiger partial charge in [0, 0.05) is 12.2 Å². The minimum atomic E-state index is 0.137. The zero-order chi connectivity index (χ0) is 8.55. The lowest BCUT2D eigenvalue weighted by molar-refractivity contribution is 0.486. The molecule has 0 aliphatic carbocycles. The average Bonchev–Trinajstić information content (AvgIpc) is 2.47. The van der Waals surface area contributed by atoms with Crippen LogP contribution in [0.15, 0.2) is 6.20 Å². The van der Waals surface area contributed by atoms with Crippen molar-refractivity contribution in [2.24, 2.45) is 5.73 Å². The monoisotopic (exact) mass is 164 g/mol. The Morgan fingerprint density at radius 2 is 2.42 bits per heavy atom. The molecule has 0 bridgehead atoms. The Bertz CT molecular complexity index is 313. The zero-order valence-electron chi connectivity index (χ0n) is 6.88. The minimum absolute atomic E-state index is 0.137. The highest BCUT2D eigenvalue weighted by Crippen LogP contribution is 2.17. The van der Waals surface area contributed by atoms with Gasteiger partial charge in [-0.25, -0.2) is 0 Å². The van der Waals surface area contributed by atoms with Crippen molar-refractivity contribution in [2.45, 2.75) is 25.8 Å². The second-order valence-corrected chi connectivity index (χ2v) is 3.10. The summed E-state index contributed by atoms with van der Waals surface area (Å²) in [5, 5.41) is 11.5. The highest BCUT2D eigenvalue weighted by atomic mass is 15.3. The Hall–Kier alpha value is -1.32. The van der Waals surface area contributed by atoms with Crippen LogP contribution in [0.25, 0.3) is 0 Å². The van der Waals surface area contributed by atoms with Crippen LogP contribution < -0.4 is 5.73 Å². The maximum absolute atomic E-state index is 7.32. The van der Waals surface area contributed by atoms with Crippen LogP contribution in [0.1, 0.15) is 24.1 Å². The molecule has 0 aromatic carbocycles. The normalized spacial score (nSPS) is 15.7. The van der Waals surface area contributed by atoms with Gasteiger partial charge in [0.05, 0.1) is 11.8 Å².